The number of hydrogen-bond donors (Lipinski definition) is 1. The summed E-state index contributed by atoms with van der Waals surface area (Å²) in [7, 11) is 3.33. The quantitative estimate of drug-likeness (QED) is 0.593. The third-order valence-corrected chi connectivity index (χ3v) is 4.60. The normalized spacial score (nSPS) is 11.7. The van der Waals surface area contributed by atoms with Crippen LogP contribution in [-0.2, 0) is 13.2 Å². The van der Waals surface area contributed by atoms with Crippen molar-refractivity contribution in [2.45, 2.75) is 26.1 Å². The Bertz CT molecular complexity index is 867. The SMILES string of the molecule is COc1ccc(CNC(C)c2ccc(OCc3ccncc3)c(OC)c2)cc1. The largest absolute Gasteiger partial charge is 0.497 e. The number of pyridine rings is 1. The monoisotopic (exact) mass is 378 g/mol. The highest BCUT2D eigenvalue weighted by molar-refractivity contribution is 5.44. The number of ether oxygens (including phenoxy) is 3. The van der Waals surface area contributed by atoms with Crippen LogP contribution in [0, 0.1) is 0 Å². The first-order valence-electron chi connectivity index (χ1n) is 9.25. The summed E-state index contributed by atoms with van der Waals surface area (Å²) in [5, 5.41) is 3.54. The van der Waals surface area contributed by atoms with Crippen LogP contribution in [0.25, 0.3) is 0 Å². The minimum atomic E-state index is 0.172. The van der Waals surface area contributed by atoms with Gasteiger partial charge in [-0.05, 0) is 60.0 Å². The van der Waals surface area contributed by atoms with Gasteiger partial charge in [0.25, 0.3) is 0 Å². The van der Waals surface area contributed by atoms with Crippen LogP contribution in [0.4, 0.5) is 0 Å². The molecule has 0 saturated heterocycles. The van der Waals surface area contributed by atoms with E-state index in [1.54, 1.807) is 26.6 Å². The molecule has 1 aromatic heterocycles. The van der Waals surface area contributed by atoms with Gasteiger partial charge >= 0.3 is 0 Å². The van der Waals surface area contributed by atoms with Crippen LogP contribution < -0.4 is 19.5 Å². The minimum absolute atomic E-state index is 0.172. The highest BCUT2D eigenvalue weighted by Crippen LogP contribution is 2.31. The Morgan fingerprint density at radius 1 is 0.857 bits per heavy atom. The predicted octanol–water partition coefficient (Wildman–Crippen LogP) is 4.53. The Balaban J connectivity index is 1.61. The average molecular weight is 378 g/mol. The minimum Gasteiger partial charge on any atom is -0.497 e. The predicted molar refractivity (Wildman–Crippen MR) is 110 cm³/mol. The van der Waals surface area contributed by atoms with Gasteiger partial charge in [-0.3, -0.25) is 4.98 Å². The Labute approximate surface area is 166 Å². The van der Waals surface area contributed by atoms with Crippen LogP contribution in [0.5, 0.6) is 17.2 Å². The number of benzene rings is 2. The molecule has 0 fully saturated rings. The molecule has 0 spiro atoms. The molecule has 0 saturated carbocycles. The lowest BCUT2D eigenvalue weighted by atomic mass is 10.1. The number of nitrogens with zero attached hydrogens (tertiary/aromatic N) is 1. The van der Waals surface area contributed by atoms with E-state index in [0.717, 1.165) is 34.9 Å². The molecule has 0 amide bonds. The summed E-state index contributed by atoms with van der Waals surface area (Å²) in [6.45, 7) is 3.38. The standard InChI is InChI=1S/C23H26N2O3/c1-17(25-15-18-4-7-21(26-2)8-5-18)20-6-9-22(23(14-20)27-3)28-16-19-10-12-24-13-11-19/h4-14,17,25H,15-16H2,1-3H3. The topological polar surface area (TPSA) is 52.6 Å². The van der Waals surface area contributed by atoms with E-state index in [0.29, 0.717) is 6.61 Å². The van der Waals surface area contributed by atoms with E-state index in [4.69, 9.17) is 14.2 Å². The van der Waals surface area contributed by atoms with Crippen LogP contribution in [0.15, 0.2) is 67.0 Å². The highest BCUT2D eigenvalue weighted by atomic mass is 16.5. The fourth-order valence-corrected chi connectivity index (χ4v) is 2.85. The van der Waals surface area contributed by atoms with E-state index < -0.39 is 0 Å². The molecule has 5 heteroatoms. The van der Waals surface area contributed by atoms with Gasteiger partial charge in [0.15, 0.2) is 11.5 Å². The molecule has 1 N–H and O–H groups in total. The zero-order valence-corrected chi connectivity index (χ0v) is 16.5. The molecule has 146 valence electrons. The van der Waals surface area contributed by atoms with E-state index >= 15 is 0 Å². The van der Waals surface area contributed by atoms with Crippen LogP contribution in [-0.4, -0.2) is 19.2 Å². The Kier molecular flexibility index (Phi) is 6.87. The second-order valence-electron chi connectivity index (χ2n) is 6.51. The van der Waals surface area contributed by atoms with Crippen LogP contribution in [0.1, 0.15) is 29.7 Å². The molecule has 5 nitrogen and oxygen atoms in total. The lowest BCUT2D eigenvalue weighted by Crippen LogP contribution is -2.18. The van der Waals surface area contributed by atoms with E-state index in [1.807, 2.05) is 36.4 Å². The summed E-state index contributed by atoms with van der Waals surface area (Å²) in [4.78, 5) is 4.02. The van der Waals surface area contributed by atoms with Crippen molar-refractivity contribution in [3.05, 3.63) is 83.7 Å². The van der Waals surface area contributed by atoms with E-state index in [1.165, 1.54) is 5.56 Å². The molecule has 1 atom stereocenters. The van der Waals surface area contributed by atoms with Crippen molar-refractivity contribution in [3.8, 4) is 17.2 Å². The van der Waals surface area contributed by atoms with Crippen LogP contribution >= 0.6 is 0 Å². The van der Waals surface area contributed by atoms with E-state index in [9.17, 15) is 0 Å². The third kappa shape index (κ3) is 5.24. The van der Waals surface area contributed by atoms with Gasteiger partial charge < -0.3 is 19.5 Å². The van der Waals surface area contributed by atoms with Crippen molar-refractivity contribution in [3.63, 3.8) is 0 Å². The maximum atomic E-state index is 5.91. The maximum absolute atomic E-state index is 5.91. The molecule has 0 aliphatic rings. The summed E-state index contributed by atoms with van der Waals surface area (Å²) < 4.78 is 16.6. The molecule has 0 bridgehead atoms. The first-order valence-corrected chi connectivity index (χ1v) is 9.25. The molecule has 2 aromatic carbocycles. The molecule has 0 aliphatic heterocycles. The van der Waals surface area contributed by atoms with Crippen molar-refractivity contribution < 1.29 is 14.2 Å². The van der Waals surface area contributed by atoms with Crippen molar-refractivity contribution in [2.24, 2.45) is 0 Å². The van der Waals surface area contributed by atoms with E-state index in [-0.39, 0.29) is 6.04 Å². The van der Waals surface area contributed by atoms with Crippen molar-refractivity contribution in [1.29, 1.82) is 0 Å². The molecule has 1 unspecified atom stereocenters. The van der Waals surface area contributed by atoms with Gasteiger partial charge in [-0.1, -0.05) is 18.2 Å². The smallest absolute Gasteiger partial charge is 0.161 e. The number of hydrogen-bond acceptors (Lipinski definition) is 5. The average Bonchev–Trinajstić information content (AvgIpc) is 2.77. The van der Waals surface area contributed by atoms with Gasteiger partial charge in [0.1, 0.15) is 12.4 Å². The summed E-state index contributed by atoms with van der Waals surface area (Å²) in [5.41, 5.74) is 3.41. The second kappa shape index (κ2) is 9.76. The summed E-state index contributed by atoms with van der Waals surface area (Å²) in [6, 6.07) is 18.2. The Morgan fingerprint density at radius 3 is 2.29 bits per heavy atom. The summed E-state index contributed by atoms with van der Waals surface area (Å²) in [5.74, 6) is 2.32. The zero-order valence-electron chi connectivity index (χ0n) is 16.5. The molecular formula is C23H26N2O3. The number of rotatable bonds is 9. The second-order valence-corrected chi connectivity index (χ2v) is 6.51. The van der Waals surface area contributed by atoms with Gasteiger partial charge in [0.05, 0.1) is 14.2 Å². The Hall–Kier alpha value is -3.05. The third-order valence-electron chi connectivity index (χ3n) is 4.60. The number of methoxy groups -OCH3 is 2. The molecular weight excluding hydrogens is 352 g/mol. The van der Waals surface area contributed by atoms with Gasteiger partial charge in [-0.25, -0.2) is 0 Å². The highest BCUT2D eigenvalue weighted by Gasteiger charge is 2.11. The van der Waals surface area contributed by atoms with Crippen molar-refractivity contribution >= 4 is 0 Å². The maximum Gasteiger partial charge on any atom is 0.161 e. The first kappa shape index (κ1) is 19.7. The molecule has 28 heavy (non-hydrogen) atoms. The Morgan fingerprint density at radius 2 is 1.61 bits per heavy atom. The van der Waals surface area contributed by atoms with Crippen LogP contribution in [0.3, 0.4) is 0 Å². The fourth-order valence-electron chi connectivity index (χ4n) is 2.85. The lowest BCUT2D eigenvalue weighted by Gasteiger charge is -2.17. The first-order chi connectivity index (χ1) is 13.7. The summed E-state index contributed by atoms with van der Waals surface area (Å²) in [6.07, 6.45) is 3.52. The van der Waals surface area contributed by atoms with Crippen molar-refractivity contribution in [2.75, 3.05) is 14.2 Å². The van der Waals surface area contributed by atoms with Gasteiger partial charge in [0.2, 0.25) is 0 Å². The molecule has 0 aliphatic carbocycles. The molecule has 3 aromatic rings. The fraction of sp³-hybridized carbons (Fsp3) is 0.261. The number of aromatic nitrogens is 1. The lowest BCUT2D eigenvalue weighted by molar-refractivity contribution is 0.284. The van der Waals surface area contributed by atoms with Gasteiger partial charge in [-0.15, -0.1) is 0 Å². The molecule has 0 radical (unpaired) electrons. The number of nitrogens with one attached hydrogen (secondary N) is 1. The zero-order chi connectivity index (χ0) is 19.8. The van der Waals surface area contributed by atoms with Crippen molar-refractivity contribution in [1.82, 2.24) is 10.3 Å². The molecule has 1 heterocycles. The van der Waals surface area contributed by atoms with Gasteiger partial charge in [-0.2, -0.15) is 0 Å². The summed E-state index contributed by atoms with van der Waals surface area (Å²) >= 11 is 0. The van der Waals surface area contributed by atoms with Gasteiger partial charge in [0, 0.05) is 25.0 Å². The molecule has 3 rings (SSSR count). The van der Waals surface area contributed by atoms with Crippen LogP contribution in [0.2, 0.25) is 0 Å². The van der Waals surface area contributed by atoms with E-state index in [2.05, 4.69) is 35.4 Å².